The fourth-order valence-electron chi connectivity index (χ4n) is 4.14. The summed E-state index contributed by atoms with van der Waals surface area (Å²) < 4.78 is 2.04. The van der Waals surface area contributed by atoms with E-state index in [1.54, 1.807) is 6.33 Å². The number of nitrogens with one attached hydrogen (secondary N) is 1. The Balaban J connectivity index is 1.63. The number of fused-ring (bicyclic) bond motifs is 3. The zero-order chi connectivity index (χ0) is 20.0. The highest BCUT2D eigenvalue weighted by molar-refractivity contribution is 7.19. The van der Waals surface area contributed by atoms with Crippen molar-refractivity contribution in [3.8, 4) is 0 Å². The van der Waals surface area contributed by atoms with Crippen molar-refractivity contribution in [3.63, 3.8) is 0 Å². The van der Waals surface area contributed by atoms with E-state index in [0.717, 1.165) is 46.6 Å². The number of nitrogens with zero attached hydrogens (tertiary/aromatic N) is 5. The smallest absolute Gasteiger partial charge is 0.160 e. The molecule has 4 aromatic rings. The molecule has 1 N–H and O–H groups in total. The van der Waals surface area contributed by atoms with Crippen molar-refractivity contribution in [2.24, 2.45) is 13.0 Å². The number of aryl methyl sites for hydroxylation is 2. The topological polar surface area (TPSA) is 68.5 Å². The number of anilines is 1. The second kappa shape index (κ2) is 7.22. The fraction of sp³-hybridized carbons (Fsp3) is 0.364. The molecule has 5 rings (SSSR count). The van der Waals surface area contributed by atoms with Crippen molar-refractivity contribution in [2.75, 3.05) is 5.32 Å². The molecule has 0 fully saturated rings. The van der Waals surface area contributed by atoms with Crippen molar-refractivity contribution in [1.82, 2.24) is 24.7 Å². The van der Waals surface area contributed by atoms with Crippen LogP contribution in [0.4, 0.5) is 5.82 Å². The number of rotatable bonds is 4. The molecule has 7 heteroatoms. The first-order valence-corrected chi connectivity index (χ1v) is 10.9. The molecule has 0 spiro atoms. The quantitative estimate of drug-likeness (QED) is 0.544. The standard InChI is InChI=1S/C22H24N6S/c1-13-9-10-16-17(11-13)29-22-18(16)20(23-12-24-22)25-19(15-7-5-4-6-8-15)21-27-26-14(2)28(21)3/h4-8,12-13,19H,9-11H2,1-3H3,(H,23,24,25)/t13-,19+/m1/s1. The van der Waals surface area contributed by atoms with E-state index in [1.807, 2.05) is 35.9 Å². The lowest BCUT2D eigenvalue weighted by molar-refractivity contribution is 0.509. The van der Waals surface area contributed by atoms with Crippen molar-refractivity contribution < 1.29 is 0 Å². The molecule has 0 amide bonds. The summed E-state index contributed by atoms with van der Waals surface area (Å²) >= 11 is 1.82. The molecule has 0 aliphatic heterocycles. The van der Waals surface area contributed by atoms with Crippen LogP contribution in [0.2, 0.25) is 0 Å². The Labute approximate surface area is 174 Å². The van der Waals surface area contributed by atoms with Crippen LogP contribution in [-0.4, -0.2) is 24.7 Å². The molecule has 0 unspecified atom stereocenters. The van der Waals surface area contributed by atoms with E-state index in [4.69, 9.17) is 0 Å². The third-order valence-electron chi connectivity index (χ3n) is 5.89. The number of aromatic nitrogens is 5. The van der Waals surface area contributed by atoms with Crippen LogP contribution in [0.5, 0.6) is 0 Å². The largest absolute Gasteiger partial charge is 0.356 e. The molecular weight excluding hydrogens is 380 g/mol. The Morgan fingerprint density at radius 2 is 2.00 bits per heavy atom. The Morgan fingerprint density at radius 3 is 2.76 bits per heavy atom. The lowest BCUT2D eigenvalue weighted by Crippen LogP contribution is -2.18. The van der Waals surface area contributed by atoms with Gasteiger partial charge in [-0.3, -0.25) is 0 Å². The molecule has 1 aromatic carbocycles. The van der Waals surface area contributed by atoms with Gasteiger partial charge >= 0.3 is 0 Å². The highest BCUT2D eigenvalue weighted by Gasteiger charge is 2.26. The normalized spacial score (nSPS) is 17.3. The second-order valence-electron chi connectivity index (χ2n) is 7.91. The van der Waals surface area contributed by atoms with Gasteiger partial charge in [-0.1, -0.05) is 37.3 Å². The predicted molar refractivity (Wildman–Crippen MR) is 116 cm³/mol. The molecule has 3 heterocycles. The molecule has 2 atom stereocenters. The number of hydrogen-bond donors (Lipinski definition) is 1. The third kappa shape index (κ3) is 3.19. The SMILES string of the molecule is Cc1nnc([C@@H](Nc2ncnc3sc4c(c23)CC[C@@H](C)C4)c2ccccc2)n1C. The molecule has 148 valence electrons. The zero-order valence-electron chi connectivity index (χ0n) is 16.9. The van der Waals surface area contributed by atoms with Gasteiger partial charge in [-0.05, 0) is 43.2 Å². The Kier molecular flexibility index (Phi) is 4.54. The van der Waals surface area contributed by atoms with Crippen LogP contribution in [0.1, 0.15) is 47.0 Å². The maximum atomic E-state index is 4.66. The minimum Gasteiger partial charge on any atom is -0.356 e. The summed E-state index contributed by atoms with van der Waals surface area (Å²) in [5, 5.41) is 13.6. The summed E-state index contributed by atoms with van der Waals surface area (Å²) in [6.07, 6.45) is 5.12. The predicted octanol–water partition coefficient (Wildman–Crippen LogP) is 4.45. The lowest BCUT2D eigenvalue weighted by Gasteiger charge is -2.21. The van der Waals surface area contributed by atoms with Gasteiger partial charge in [0.1, 0.15) is 28.8 Å². The van der Waals surface area contributed by atoms with Gasteiger partial charge < -0.3 is 9.88 Å². The van der Waals surface area contributed by atoms with E-state index in [9.17, 15) is 0 Å². The van der Waals surface area contributed by atoms with Gasteiger partial charge in [0, 0.05) is 11.9 Å². The molecule has 0 saturated carbocycles. The van der Waals surface area contributed by atoms with Crippen molar-refractivity contribution >= 4 is 27.4 Å². The summed E-state index contributed by atoms with van der Waals surface area (Å²) in [6, 6.07) is 10.2. The highest BCUT2D eigenvalue weighted by Crippen LogP contribution is 2.40. The maximum absolute atomic E-state index is 4.66. The van der Waals surface area contributed by atoms with Crippen LogP contribution in [0.25, 0.3) is 10.2 Å². The first kappa shape index (κ1) is 18.2. The molecule has 29 heavy (non-hydrogen) atoms. The first-order chi connectivity index (χ1) is 14.1. The summed E-state index contributed by atoms with van der Waals surface area (Å²) in [4.78, 5) is 11.8. The van der Waals surface area contributed by atoms with Crippen molar-refractivity contribution in [2.45, 2.75) is 39.2 Å². The van der Waals surface area contributed by atoms with Crippen molar-refractivity contribution in [3.05, 3.63) is 64.3 Å². The fourth-order valence-corrected chi connectivity index (χ4v) is 5.49. The lowest BCUT2D eigenvalue weighted by atomic mass is 9.89. The van der Waals surface area contributed by atoms with Crippen LogP contribution in [0, 0.1) is 12.8 Å². The molecule has 6 nitrogen and oxygen atoms in total. The van der Waals surface area contributed by atoms with Crippen LogP contribution in [0.15, 0.2) is 36.7 Å². The summed E-state index contributed by atoms with van der Waals surface area (Å²) in [6.45, 7) is 4.30. The number of hydrogen-bond acceptors (Lipinski definition) is 6. The summed E-state index contributed by atoms with van der Waals surface area (Å²) in [5.74, 6) is 3.38. The van der Waals surface area contributed by atoms with Gasteiger partial charge in [0.05, 0.1) is 5.39 Å². The van der Waals surface area contributed by atoms with Crippen molar-refractivity contribution in [1.29, 1.82) is 0 Å². The number of benzene rings is 1. The minimum atomic E-state index is -0.140. The highest BCUT2D eigenvalue weighted by atomic mass is 32.1. The van der Waals surface area contributed by atoms with E-state index in [0.29, 0.717) is 0 Å². The van der Waals surface area contributed by atoms with Crippen LogP contribution < -0.4 is 5.32 Å². The van der Waals surface area contributed by atoms with Gasteiger partial charge in [-0.25, -0.2) is 9.97 Å². The summed E-state index contributed by atoms with van der Waals surface area (Å²) in [5.41, 5.74) is 2.56. The molecule has 1 aliphatic carbocycles. The molecule has 0 bridgehead atoms. The molecule has 0 saturated heterocycles. The minimum absolute atomic E-state index is 0.140. The Morgan fingerprint density at radius 1 is 1.17 bits per heavy atom. The van der Waals surface area contributed by atoms with E-state index in [2.05, 4.69) is 56.7 Å². The van der Waals surface area contributed by atoms with Gasteiger partial charge in [-0.15, -0.1) is 21.5 Å². The first-order valence-electron chi connectivity index (χ1n) is 10.0. The van der Waals surface area contributed by atoms with Gasteiger partial charge in [0.2, 0.25) is 0 Å². The molecule has 0 radical (unpaired) electrons. The number of thiophene rings is 1. The second-order valence-corrected chi connectivity index (χ2v) is 8.99. The molecule has 1 aliphatic rings. The molecule has 3 aromatic heterocycles. The van der Waals surface area contributed by atoms with E-state index in [-0.39, 0.29) is 6.04 Å². The van der Waals surface area contributed by atoms with E-state index < -0.39 is 0 Å². The van der Waals surface area contributed by atoms with Crippen LogP contribution in [-0.2, 0) is 19.9 Å². The van der Waals surface area contributed by atoms with Gasteiger partial charge in [0.15, 0.2) is 5.82 Å². The van der Waals surface area contributed by atoms with Gasteiger partial charge in [0.25, 0.3) is 0 Å². The monoisotopic (exact) mass is 404 g/mol. The third-order valence-corrected chi connectivity index (χ3v) is 7.05. The van der Waals surface area contributed by atoms with E-state index >= 15 is 0 Å². The average molecular weight is 405 g/mol. The summed E-state index contributed by atoms with van der Waals surface area (Å²) in [7, 11) is 2.01. The zero-order valence-corrected chi connectivity index (χ0v) is 17.7. The van der Waals surface area contributed by atoms with E-state index in [1.165, 1.54) is 22.2 Å². The van der Waals surface area contributed by atoms with Crippen LogP contribution >= 0.6 is 11.3 Å². The Bertz CT molecular complexity index is 1160. The molecular formula is C22H24N6S. The van der Waals surface area contributed by atoms with Crippen LogP contribution in [0.3, 0.4) is 0 Å². The maximum Gasteiger partial charge on any atom is 0.160 e. The average Bonchev–Trinajstić information content (AvgIpc) is 3.26. The van der Waals surface area contributed by atoms with Gasteiger partial charge in [-0.2, -0.15) is 0 Å². The Hall–Kier alpha value is -2.80.